The van der Waals surface area contributed by atoms with Crippen LogP contribution in [0.3, 0.4) is 0 Å². The van der Waals surface area contributed by atoms with E-state index in [2.05, 4.69) is 9.38 Å². The summed E-state index contributed by atoms with van der Waals surface area (Å²) in [5, 5.41) is 0. The number of imidazole rings is 1. The van der Waals surface area contributed by atoms with Gasteiger partial charge in [0.15, 0.2) is 0 Å². The maximum absolute atomic E-state index is 5.05. The number of fused-ring (bicyclic) bond motifs is 1. The minimum atomic E-state index is 0.641. The topological polar surface area (TPSA) is 26.5 Å². The number of aromatic nitrogens is 2. The lowest BCUT2D eigenvalue weighted by molar-refractivity contribution is 0.185. The first-order chi connectivity index (χ1) is 6.31. The summed E-state index contributed by atoms with van der Waals surface area (Å²) in [6.45, 7) is 2.68. The van der Waals surface area contributed by atoms with E-state index < -0.39 is 0 Å². The molecule has 68 valence electrons. The van der Waals surface area contributed by atoms with Gasteiger partial charge in [0, 0.05) is 25.2 Å². The summed E-state index contributed by atoms with van der Waals surface area (Å²) in [5.74, 6) is 0. The molecule has 0 unspecified atom stereocenters. The van der Waals surface area contributed by atoms with E-state index in [4.69, 9.17) is 4.74 Å². The summed E-state index contributed by atoms with van der Waals surface area (Å²) in [5.41, 5.74) is 3.28. The standard InChI is InChI=1S/C10H12N2O/c1-8-6-11-10-5-9(7-13-2)3-4-12(8)10/h3-6H,7H2,1-2H3. The first-order valence-electron chi connectivity index (χ1n) is 4.23. The molecule has 0 saturated carbocycles. The molecule has 0 aromatic carbocycles. The monoisotopic (exact) mass is 176 g/mol. The van der Waals surface area contributed by atoms with E-state index in [-0.39, 0.29) is 0 Å². The fraction of sp³-hybridized carbons (Fsp3) is 0.300. The van der Waals surface area contributed by atoms with Gasteiger partial charge in [-0.15, -0.1) is 0 Å². The smallest absolute Gasteiger partial charge is 0.137 e. The van der Waals surface area contributed by atoms with Crippen molar-refractivity contribution in [3.05, 3.63) is 35.8 Å². The maximum atomic E-state index is 5.05. The van der Waals surface area contributed by atoms with Crippen LogP contribution in [0.5, 0.6) is 0 Å². The summed E-state index contributed by atoms with van der Waals surface area (Å²) < 4.78 is 7.10. The van der Waals surface area contributed by atoms with Gasteiger partial charge >= 0.3 is 0 Å². The Morgan fingerprint density at radius 3 is 3.15 bits per heavy atom. The largest absolute Gasteiger partial charge is 0.380 e. The first-order valence-corrected chi connectivity index (χ1v) is 4.23. The highest BCUT2D eigenvalue weighted by Gasteiger charge is 1.99. The van der Waals surface area contributed by atoms with E-state index in [1.807, 2.05) is 31.5 Å². The SMILES string of the molecule is COCc1ccn2c(C)cnc2c1. The number of nitrogens with zero attached hydrogens (tertiary/aromatic N) is 2. The van der Waals surface area contributed by atoms with E-state index in [0.29, 0.717) is 6.61 Å². The van der Waals surface area contributed by atoms with Gasteiger partial charge in [0.2, 0.25) is 0 Å². The summed E-state index contributed by atoms with van der Waals surface area (Å²) in [6.07, 6.45) is 3.89. The molecule has 2 rings (SSSR count). The first kappa shape index (κ1) is 8.26. The van der Waals surface area contributed by atoms with Gasteiger partial charge in [-0.05, 0) is 24.6 Å². The normalized spacial score (nSPS) is 10.9. The van der Waals surface area contributed by atoms with Crippen molar-refractivity contribution in [2.24, 2.45) is 0 Å². The van der Waals surface area contributed by atoms with Crippen molar-refractivity contribution in [2.45, 2.75) is 13.5 Å². The lowest BCUT2D eigenvalue weighted by Crippen LogP contribution is -1.91. The van der Waals surface area contributed by atoms with E-state index in [1.165, 1.54) is 0 Å². The minimum absolute atomic E-state index is 0.641. The lowest BCUT2D eigenvalue weighted by Gasteiger charge is -2.00. The van der Waals surface area contributed by atoms with Gasteiger partial charge in [0.1, 0.15) is 5.65 Å². The lowest BCUT2D eigenvalue weighted by atomic mass is 10.3. The molecule has 0 spiro atoms. The molecule has 0 aliphatic rings. The molecule has 3 heteroatoms. The molecule has 0 radical (unpaired) electrons. The molecule has 0 amide bonds. The number of methoxy groups -OCH3 is 1. The molecule has 0 aliphatic heterocycles. The van der Waals surface area contributed by atoms with Crippen molar-refractivity contribution in [1.82, 2.24) is 9.38 Å². The van der Waals surface area contributed by atoms with Gasteiger partial charge in [-0.2, -0.15) is 0 Å². The van der Waals surface area contributed by atoms with Crippen LogP contribution in [-0.2, 0) is 11.3 Å². The van der Waals surface area contributed by atoms with Crippen molar-refractivity contribution < 1.29 is 4.74 Å². The number of aryl methyl sites for hydroxylation is 1. The minimum Gasteiger partial charge on any atom is -0.380 e. The molecule has 2 aromatic heterocycles. The van der Waals surface area contributed by atoms with Crippen LogP contribution in [0.25, 0.3) is 5.65 Å². The Labute approximate surface area is 77.0 Å². The van der Waals surface area contributed by atoms with Crippen LogP contribution in [0.1, 0.15) is 11.3 Å². The number of rotatable bonds is 2. The Bertz CT molecular complexity index is 420. The zero-order valence-electron chi connectivity index (χ0n) is 7.82. The summed E-state index contributed by atoms with van der Waals surface area (Å²) in [4.78, 5) is 4.27. The molecule has 2 aromatic rings. The Kier molecular flexibility index (Phi) is 2.02. The Balaban J connectivity index is 2.50. The van der Waals surface area contributed by atoms with Gasteiger partial charge in [0.05, 0.1) is 6.61 Å². The van der Waals surface area contributed by atoms with Crippen molar-refractivity contribution in [1.29, 1.82) is 0 Å². The second-order valence-corrected chi connectivity index (χ2v) is 3.10. The fourth-order valence-electron chi connectivity index (χ4n) is 1.41. The fourth-order valence-corrected chi connectivity index (χ4v) is 1.41. The zero-order valence-corrected chi connectivity index (χ0v) is 7.82. The molecule has 3 nitrogen and oxygen atoms in total. The van der Waals surface area contributed by atoms with E-state index in [1.54, 1.807) is 7.11 Å². The third kappa shape index (κ3) is 1.42. The molecule has 0 fully saturated rings. The van der Waals surface area contributed by atoms with Gasteiger partial charge in [0.25, 0.3) is 0 Å². The molecule has 0 bridgehead atoms. The number of ether oxygens (including phenoxy) is 1. The highest BCUT2D eigenvalue weighted by Crippen LogP contribution is 2.09. The molecule has 0 atom stereocenters. The van der Waals surface area contributed by atoms with Crippen LogP contribution in [0.2, 0.25) is 0 Å². The van der Waals surface area contributed by atoms with Crippen molar-refractivity contribution >= 4 is 5.65 Å². The molecule has 0 N–H and O–H groups in total. The third-order valence-electron chi connectivity index (χ3n) is 2.07. The van der Waals surface area contributed by atoms with Crippen LogP contribution in [-0.4, -0.2) is 16.5 Å². The average molecular weight is 176 g/mol. The van der Waals surface area contributed by atoms with Crippen molar-refractivity contribution in [3.63, 3.8) is 0 Å². The predicted octanol–water partition coefficient (Wildman–Crippen LogP) is 1.79. The number of hydrogen-bond donors (Lipinski definition) is 0. The van der Waals surface area contributed by atoms with Gasteiger partial charge < -0.3 is 9.14 Å². The Morgan fingerprint density at radius 2 is 2.38 bits per heavy atom. The highest BCUT2D eigenvalue weighted by molar-refractivity contribution is 5.42. The summed E-state index contributed by atoms with van der Waals surface area (Å²) in [6, 6.07) is 4.08. The molecule has 0 aliphatic carbocycles. The third-order valence-corrected chi connectivity index (χ3v) is 2.07. The van der Waals surface area contributed by atoms with Crippen LogP contribution >= 0.6 is 0 Å². The second kappa shape index (κ2) is 3.18. The van der Waals surface area contributed by atoms with Crippen LogP contribution < -0.4 is 0 Å². The summed E-state index contributed by atoms with van der Waals surface area (Å²) >= 11 is 0. The molecule has 0 saturated heterocycles. The van der Waals surface area contributed by atoms with Crippen LogP contribution in [0, 0.1) is 6.92 Å². The van der Waals surface area contributed by atoms with Crippen LogP contribution in [0.4, 0.5) is 0 Å². The van der Waals surface area contributed by atoms with Crippen molar-refractivity contribution in [3.8, 4) is 0 Å². The van der Waals surface area contributed by atoms with Gasteiger partial charge in [-0.1, -0.05) is 0 Å². The van der Waals surface area contributed by atoms with E-state index in [0.717, 1.165) is 16.9 Å². The second-order valence-electron chi connectivity index (χ2n) is 3.10. The average Bonchev–Trinajstić information content (AvgIpc) is 2.48. The van der Waals surface area contributed by atoms with Gasteiger partial charge in [-0.25, -0.2) is 4.98 Å². The van der Waals surface area contributed by atoms with Crippen LogP contribution in [0.15, 0.2) is 24.5 Å². The highest BCUT2D eigenvalue weighted by atomic mass is 16.5. The van der Waals surface area contributed by atoms with Crippen molar-refractivity contribution in [2.75, 3.05) is 7.11 Å². The number of hydrogen-bond acceptors (Lipinski definition) is 2. The maximum Gasteiger partial charge on any atom is 0.137 e. The van der Waals surface area contributed by atoms with E-state index >= 15 is 0 Å². The zero-order chi connectivity index (χ0) is 9.26. The molecular formula is C10H12N2O. The number of pyridine rings is 1. The predicted molar refractivity (Wildman–Crippen MR) is 50.6 cm³/mol. The molecular weight excluding hydrogens is 164 g/mol. The quantitative estimate of drug-likeness (QED) is 0.697. The van der Waals surface area contributed by atoms with Gasteiger partial charge in [-0.3, -0.25) is 0 Å². The Morgan fingerprint density at radius 1 is 1.54 bits per heavy atom. The Hall–Kier alpha value is -1.35. The summed E-state index contributed by atoms with van der Waals surface area (Å²) in [7, 11) is 1.70. The molecule has 13 heavy (non-hydrogen) atoms. The molecule has 2 heterocycles. The van der Waals surface area contributed by atoms with E-state index in [9.17, 15) is 0 Å².